The SMILES string of the molecule is NC(=S)c1ccc(NC(=O)Nc2cccc(Cl)c2)c(F)c1. The zero-order valence-electron chi connectivity index (χ0n) is 10.7. The number of nitrogens with two attached hydrogens (primary N) is 1. The van der Waals surface area contributed by atoms with Gasteiger partial charge in [0.1, 0.15) is 10.8 Å². The molecule has 0 atom stereocenters. The normalized spacial score (nSPS) is 10.0. The first-order chi connectivity index (χ1) is 9.95. The number of anilines is 2. The van der Waals surface area contributed by atoms with Crippen molar-refractivity contribution in [3.05, 3.63) is 58.9 Å². The second kappa shape index (κ2) is 6.51. The summed E-state index contributed by atoms with van der Waals surface area (Å²) in [4.78, 5) is 11.9. The van der Waals surface area contributed by atoms with E-state index in [0.29, 0.717) is 16.3 Å². The number of carbonyl (C=O) groups is 1. The molecule has 21 heavy (non-hydrogen) atoms. The molecule has 0 unspecified atom stereocenters. The monoisotopic (exact) mass is 323 g/mol. The molecular weight excluding hydrogens is 313 g/mol. The molecule has 2 aromatic rings. The summed E-state index contributed by atoms with van der Waals surface area (Å²) in [6.07, 6.45) is 0. The number of benzene rings is 2. The Balaban J connectivity index is 2.08. The Morgan fingerprint density at radius 3 is 2.57 bits per heavy atom. The lowest BCUT2D eigenvalue weighted by molar-refractivity contribution is 0.262. The number of nitrogens with one attached hydrogen (secondary N) is 2. The minimum Gasteiger partial charge on any atom is -0.389 e. The van der Waals surface area contributed by atoms with Gasteiger partial charge in [-0.25, -0.2) is 9.18 Å². The van der Waals surface area contributed by atoms with Crippen LogP contribution < -0.4 is 16.4 Å². The Hall–Kier alpha value is -2.18. The molecule has 7 heteroatoms. The van der Waals surface area contributed by atoms with Gasteiger partial charge in [-0.05, 0) is 36.4 Å². The van der Waals surface area contributed by atoms with Crippen LogP contribution in [0.25, 0.3) is 0 Å². The van der Waals surface area contributed by atoms with E-state index in [4.69, 9.17) is 29.6 Å². The van der Waals surface area contributed by atoms with Crippen molar-refractivity contribution >= 4 is 46.2 Å². The fourth-order valence-corrected chi connectivity index (χ4v) is 1.94. The second-order valence-corrected chi connectivity index (χ2v) is 5.02. The maximum Gasteiger partial charge on any atom is 0.323 e. The second-order valence-electron chi connectivity index (χ2n) is 4.15. The van der Waals surface area contributed by atoms with Crippen molar-refractivity contribution in [1.29, 1.82) is 0 Å². The van der Waals surface area contributed by atoms with Crippen molar-refractivity contribution in [2.24, 2.45) is 5.73 Å². The zero-order valence-corrected chi connectivity index (χ0v) is 12.3. The van der Waals surface area contributed by atoms with E-state index >= 15 is 0 Å². The summed E-state index contributed by atoms with van der Waals surface area (Å²) in [5, 5.41) is 5.42. The van der Waals surface area contributed by atoms with Crippen molar-refractivity contribution in [1.82, 2.24) is 0 Å². The first-order valence-corrected chi connectivity index (χ1v) is 6.67. The molecule has 0 fully saturated rings. The Morgan fingerprint density at radius 2 is 1.95 bits per heavy atom. The summed E-state index contributed by atoms with van der Waals surface area (Å²) in [7, 11) is 0. The van der Waals surface area contributed by atoms with Crippen molar-refractivity contribution in [2.75, 3.05) is 10.6 Å². The number of hydrogen-bond acceptors (Lipinski definition) is 2. The maximum absolute atomic E-state index is 13.8. The van der Waals surface area contributed by atoms with Gasteiger partial charge in [-0.2, -0.15) is 0 Å². The molecule has 4 nitrogen and oxygen atoms in total. The Kier molecular flexibility index (Phi) is 4.72. The molecule has 0 heterocycles. The van der Waals surface area contributed by atoms with Gasteiger partial charge in [-0.3, -0.25) is 0 Å². The van der Waals surface area contributed by atoms with Crippen LogP contribution in [0.2, 0.25) is 5.02 Å². The Morgan fingerprint density at radius 1 is 1.19 bits per heavy atom. The standard InChI is InChI=1S/C14H11ClFN3OS/c15-9-2-1-3-10(7-9)18-14(20)19-12-5-4-8(13(17)21)6-11(12)16/h1-7H,(H2,17,21)(H2,18,19,20). The lowest BCUT2D eigenvalue weighted by Gasteiger charge is -2.09. The van der Waals surface area contributed by atoms with Crippen molar-refractivity contribution in [2.45, 2.75) is 0 Å². The van der Waals surface area contributed by atoms with Crippen molar-refractivity contribution < 1.29 is 9.18 Å². The summed E-state index contributed by atoms with van der Waals surface area (Å²) in [5.41, 5.74) is 6.32. The number of carbonyl (C=O) groups excluding carboxylic acids is 1. The number of rotatable bonds is 3. The van der Waals surface area contributed by atoms with E-state index in [1.165, 1.54) is 12.1 Å². The minimum atomic E-state index is -0.624. The smallest absolute Gasteiger partial charge is 0.323 e. The van der Waals surface area contributed by atoms with Crippen LogP contribution in [0.1, 0.15) is 5.56 Å². The highest BCUT2D eigenvalue weighted by atomic mass is 35.5. The topological polar surface area (TPSA) is 67.1 Å². The molecule has 0 aliphatic carbocycles. The van der Waals surface area contributed by atoms with E-state index in [1.807, 2.05) is 0 Å². The molecule has 108 valence electrons. The molecule has 2 rings (SSSR count). The summed E-state index contributed by atoms with van der Waals surface area (Å²) in [6, 6.07) is 10.1. The largest absolute Gasteiger partial charge is 0.389 e. The highest BCUT2D eigenvalue weighted by molar-refractivity contribution is 7.80. The molecular formula is C14H11ClFN3OS. The van der Waals surface area contributed by atoms with Gasteiger partial charge in [-0.1, -0.05) is 29.9 Å². The predicted molar refractivity (Wildman–Crippen MR) is 86.4 cm³/mol. The van der Waals surface area contributed by atoms with Gasteiger partial charge in [0.2, 0.25) is 0 Å². The lowest BCUT2D eigenvalue weighted by Crippen LogP contribution is -2.20. The molecule has 0 aliphatic rings. The molecule has 0 spiro atoms. The van der Waals surface area contributed by atoms with Crippen LogP contribution in [0.5, 0.6) is 0 Å². The molecule has 0 saturated carbocycles. The third-order valence-electron chi connectivity index (χ3n) is 2.58. The van der Waals surface area contributed by atoms with E-state index in [0.717, 1.165) is 6.07 Å². The van der Waals surface area contributed by atoms with E-state index in [1.54, 1.807) is 24.3 Å². The van der Waals surface area contributed by atoms with Crippen LogP contribution in [0.4, 0.5) is 20.6 Å². The Labute approximate surface area is 131 Å². The van der Waals surface area contributed by atoms with Gasteiger partial charge < -0.3 is 16.4 Å². The number of urea groups is 1. The van der Waals surface area contributed by atoms with Gasteiger partial charge in [0.15, 0.2) is 0 Å². The molecule has 0 aliphatic heterocycles. The van der Waals surface area contributed by atoms with Crippen molar-refractivity contribution in [3.63, 3.8) is 0 Å². The minimum absolute atomic E-state index is 0.0227. The first kappa shape index (κ1) is 15.2. The molecule has 0 radical (unpaired) electrons. The summed E-state index contributed by atoms with van der Waals surface area (Å²) in [5.74, 6) is -0.624. The molecule has 4 N–H and O–H groups in total. The zero-order chi connectivity index (χ0) is 15.4. The summed E-state index contributed by atoms with van der Waals surface area (Å²) in [6.45, 7) is 0. The average molecular weight is 324 g/mol. The van der Waals surface area contributed by atoms with Gasteiger partial charge >= 0.3 is 6.03 Å². The quantitative estimate of drug-likeness (QED) is 0.753. The van der Waals surface area contributed by atoms with Crippen LogP contribution in [0, 0.1) is 5.82 Å². The third-order valence-corrected chi connectivity index (χ3v) is 3.06. The fraction of sp³-hybridized carbons (Fsp3) is 0. The van der Waals surface area contributed by atoms with E-state index < -0.39 is 11.8 Å². The van der Waals surface area contributed by atoms with E-state index in [2.05, 4.69) is 10.6 Å². The van der Waals surface area contributed by atoms with Gasteiger partial charge in [-0.15, -0.1) is 0 Å². The van der Waals surface area contributed by atoms with Crippen LogP contribution in [-0.4, -0.2) is 11.0 Å². The van der Waals surface area contributed by atoms with Crippen LogP contribution in [-0.2, 0) is 0 Å². The third kappa shape index (κ3) is 4.14. The van der Waals surface area contributed by atoms with Gasteiger partial charge in [0.05, 0.1) is 5.69 Å². The first-order valence-electron chi connectivity index (χ1n) is 5.88. The molecule has 2 aromatic carbocycles. The van der Waals surface area contributed by atoms with Crippen LogP contribution in [0.3, 0.4) is 0 Å². The number of halogens is 2. The average Bonchev–Trinajstić information content (AvgIpc) is 2.40. The molecule has 0 aromatic heterocycles. The molecule has 0 saturated heterocycles. The number of amides is 2. The highest BCUT2D eigenvalue weighted by Crippen LogP contribution is 2.18. The highest BCUT2D eigenvalue weighted by Gasteiger charge is 2.09. The number of hydrogen-bond donors (Lipinski definition) is 3. The summed E-state index contributed by atoms with van der Waals surface area (Å²) >= 11 is 10.6. The summed E-state index contributed by atoms with van der Waals surface area (Å²) < 4.78 is 13.8. The van der Waals surface area contributed by atoms with Crippen LogP contribution in [0.15, 0.2) is 42.5 Å². The van der Waals surface area contributed by atoms with Gasteiger partial charge in [0, 0.05) is 16.3 Å². The number of thiocarbonyl (C=S) groups is 1. The fourth-order valence-electron chi connectivity index (χ4n) is 1.62. The van der Waals surface area contributed by atoms with Gasteiger partial charge in [0.25, 0.3) is 0 Å². The lowest BCUT2D eigenvalue weighted by atomic mass is 10.2. The molecule has 0 bridgehead atoms. The maximum atomic E-state index is 13.8. The van der Waals surface area contributed by atoms with Crippen molar-refractivity contribution in [3.8, 4) is 0 Å². The Bertz CT molecular complexity index is 708. The van der Waals surface area contributed by atoms with Crippen LogP contribution >= 0.6 is 23.8 Å². The molecule has 2 amide bonds. The van der Waals surface area contributed by atoms with E-state index in [9.17, 15) is 9.18 Å². The van der Waals surface area contributed by atoms with E-state index in [-0.39, 0.29) is 10.7 Å². The predicted octanol–water partition coefficient (Wildman–Crippen LogP) is 3.76.